The molecular formula is C18H17BrCl2N2. The lowest BCUT2D eigenvalue weighted by Crippen LogP contribution is -2.12. The van der Waals surface area contributed by atoms with E-state index in [-0.39, 0.29) is 30.9 Å². The average molecular weight is 412 g/mol. The molecule has 0 radical (unpaired) electrons. The third kappa shape index (κ3) is 5.24. The predicted octanol–water partition coefficient (Wildman–Crippen LogP) is 5.89. The number of aromatic nitrogens is 1. The number of halogens is 3. The Kier molecular flexibility index (Phi) is 8.10. The molecule has 3 aromatic rings. The van der Waals surface area contributed by atoms with E-state index in [1.807, 2.05) is 42.7 Å². The fourth-order valence-electron chi connectivity index (χ4n) is 2.27. The molecular weight excluding hydrogens is 395 g/mol. The Morgan fingerprint density at radius 1 is 0.739 bits per heavy atom. The molecule has 1 atom stereocenters. The van der Waals surface area contributed by atoms with E-state index in [0.717, 1.165) is 10.2 Å². The van der Waals surface area contributed by atoms with Gasteiger partial charge in [0, 0.05) is 22.6 Å². The summed E-state index contributed by atoms with van der Waals surface area (Å²) in [7, 11) is 0. The number of rotatable bonds is 4. The van der Waals surface area contributed by atoms with Gasteiger partial charge in [-0.2, -0.15) is 0 Å². The highest BCUT2D eigenvalue weighted by Crippen LogP contribution is 2.26. The van der Waals surface area contributed by atoms with Gasteiger partial charge in [0.2, 0.25) is 0 Å². The van der Waals surface area contributed by atoms with E-state index < -0.39 is 0 Å². The Bertz CT molecular complexity index is 652. The van der Waals surface area contributed by atoms with Gasteiger partial charge < -0.3 is 5.32 Å². The van der Waals surface area contributed by atoms with Crippen molar-refractivity contribution in [2.45, 2.75) is 6.04 Å². The monoisotopic (exact) mass is 410 g/mol. The molecule has 0 aliphatic heterocycles. The molecule has 1 N–H and O–H groups in total. The van der Waals surface area contributed by atoms with Gasteiger partial charge in [0.1, 0.15) is 0 Å². The summed E-state index contributed by atoms with van der Waals surface area (Å²) in [5.74, 6) is 0. The first kappa shape index (κ1) is 19.5. The molecule has 0 fully saturated rings. The smallest absolute Gasteiger partial charge is 0.0768 e. The fourth-order valence-corrected chi connectivity index (χ4v) is 2.54. The van der Waals surface area contributed by atoms with Crippen molar-refractivity contribution in [1.82, 2.24) is 4.98 Å². The second kappa shape index (κ2) is 9.56. The average Bonchev–Trinajstić information content (AvgIpc) is 2.56. The van der Waals surface area contributed by atoms with Crippen molar-refractivity contribution < 1.29 is 0 Å². The summed E-state index contributed by atoms with van der Waals surface area (Å²) in [4.78, 5) is 4.11. The summed E-state index contributed by atoms with van der Waals surface area (Å²) in [5.41, 5.74) is 3.51. The third-order valence-corrected chi connectivity index (χ3v) is 3.86. The first-order valence-electron chi connectivity index (χ1n) is 6.80. The second-order valence-corrected chi connectivity index (χ2v) is 5.69. The van der Waals surface area contributed by atoms with E-state index >= 15 is 0 Å². The lowest BCUT2D eigenvalue weighted by Gasteiger charge is -2.21. The van der Waals surface area contributed by atoms with E-state index in [2.05, 4.69) is 62.6 Å². The molecule has 0 amide bonds. The molecule has 2 aromatic carbocycles. The van der Waals surface area contributed by atoms with Crippen LogP contribution in [0.5, 0.6) is 0 Å². The fraction of sp³-hybridized carbons (Fsp3) is 0.0556. The summed E-state index contributed by atoms with van der Waals surface area (Å²) >= 11 is 3.47. The van der Waals surface area contributed by atoms with Crippen LogP contribution >= 0.6 is 40.7 Å². The maximum absolute atomic E-state index is 4.11. The summed E-state index contributed by atoms with van der Waals surface area (Å²) in [6.07, 6.45) is 3.66. The molecule has 0 saturated carbocycles. The number of nitrogens with zero attached hydrogens (tertiary/aromatic N) is 1. The summed E-state index contributed by atoms with van der Waals surface area (Å²) in [6, 6.07) is 22.8. The van der Waals surface area contributed by atoms with Crippen LogP contribution in [0.1, 0.15) is 17.2 Å². The van der Waals surface area contributed by atoms with Crippen LogP contribution in [0.2, 0.25) is 0 Å². The van der Waals surface area contributed by atoms with Crippen LogP contribution in [0.3, 0.4) is 0 Å². The Morgan fingerprint density at radius 2 is 1.30 bits per heavy atom. The van der Waals surface area contributed by atoms with Gasteiger partial charge in [-0.05, 0) is 47.5 Å². The Labute approximate surface area is 157 Å². The van der Waals surface area contributed by atoms with Crippen molar-refractivity contribution >= 4 is 46.4 Å². The van der Waals surface area contributed by atoms with E-state index in [0.29, 0.717) is 0 Å². The maximum atomic E-state index is 4.11. The summed E-state index contributed by atoms with van der Waals surface area (Å²) in [5, 5.41) is 3.59. The first-order chi connectivity index (χ1) is 10.3. The summed E-state index contributed by atoms with van der Waals surface area (Å²) < 4.78 is 1.08. The molecule has 0 aliphatic rings. The minimum atomic E-state index is 0. The zero-order chi connectivity index (χ0) is 14.5. The first-order valence-corrected chi connectivity index (χ1v) is 7.59. The minimum absolute atomic E-state index is 0. The van der Waals surface area contributed by atoms with Crippen molar-refractivity contribution in [1.29, 1.82) is 0 Å². The van der Waals surface area contributed by atoms with Crippen molar-refractivity contribution in [2.75, 3.05) is 5.32 Å². The van der Waals surface area contributed by atoms with Crippen LogP contribution in [0.25, 0.3) is 0 Å². The van der Waals surface area contributed by atoms with Crippen molar-refractivity contribution in [3.05, 3.63) is 94.7 Å². The molecule has 5 heteroatoms. The van der Waals surface area contributed by atoms with Crippen LogP contribution in [-0.2, 0) is 0 Å². The van der Waals surface area contributed by atoms with Gasteiger partial charge in [-0.25, -0.2) is 0 Å². The highest BCUT2D eigenvalue weighted by Gasteiger charge is 2.13. The summed E-state index contributed by atoms with van der Waals surface area (Å²) in [6.45, 7) is 0. The van der Waals surface area contributed by atoms with Crippen LogP contribution in [0.4, 0.5) is 5.69 Å². The van der Waals surface area contributed by atoms with Crippen LogP contribution in [0.15, 0.2) is 83.6 Å². The van der Waals surface area contributed by atoms with Gasteiger partial charge in [-0.3, -0.25) is 4.98 Å². The molecule has 0 spiro atoms. The number of hydrogen-bond acceptors (Lipinski definition) is 2. The number of hydrogen-bond donors (Lipinski definition) is 1. The SMILES string of the molecule is Brc1ccc(NC(c2ccccc2)c2ccncc2)cc1.Cl.Cl. The highest BCUT2D eigenvalue weighted by atomic mass is 79.9. The lowest BCUT2D eigenvalue weighted by molar-refractivity contribution is 0.934. The third-order valence-electron chi connectivity index (χ3n) is 3.33. The number of benzene rings is 2. The minimum Gasteiger partial charge on any atom is -0.374 e. The normalized spacial score (nSPS) is 10.8. The van der Waals surface area contributed by atoms with Crippen molar-refractivity contribution in [3.8, 4) is 0 Å². The maximum Gasteiger partial charge on any atom is 0.0768 e. The number of pyridine rings is 1. The van der Waals surface area contributed by atoms with Crippen LogP contribution in [-0.4, -0.2) is 4.98 Å². The number of nitrogens with one attached hydrogen (secondary N) is 1. The molecule has 0 saturated heterocycles. The van der Waals surface area contributed by atoms with Crippen LogP contribution < -0.4 is 5.32 Å². The van der Waals surface area contributed by atoms with Gasteiger partial charge in [0.25, 0.3) is 0 Å². The standard InChI is InChI=1S/C18H15BrN2.2ClH/c19-16-6-8-17(9-7-16)21-18(14-4-2-1-3-5-14)15-10-12-20-13-11-15;;/h1-13,18,21H;2*1H. The molecule has 23 heavy (non-hydrogen) atoms. The van der Waals surface area contributed by atoms with Gasteiger partial charge in [0.05, 0.1) is 6.04 Å². The van der Waals surface area contributed by atoms with E-state index in [9.17, 15) is 0 Å². The highest BCUT2D eigenvalue weighted by molar-refractivity contribution is 9.10. The Hall–Kier alpha value is -1.55. The second-order valence-electron chi connectivity index (χ2n) is 4.78. The Balaban J connectivity index is 0.00000132. The molecule has 1 unspecified atom stereocenters. The van der Waals surface area contributed by atoms with Gasteiger partial charge >= 0.3 is 0 Å². The largest absolute Gasteiger partial charge is 0.374 e. The quantitative estimate of drug-likeness (QED) is 0.578. The number of anilines is 1. The van der Waals surface area contributed by atoms with E-state index in [4.69, 9.17) is 0 Å². The lowest BCUT2D eigenvalue weighted by atomic mass is 9.99. The molecule has 1 aromatic heterocycles. The van der Waals surface area contributed by atoms with Gasteiger partial charge in [-0.1, -0.05) is 46.3 Å². The molecule has 3 rings (SSSR count). The Morgan fingerprint density at radius 3 is 1.91 bits per heavy atom. The zero-order valence-corrected chi connectivity index (χ0v) is 15.4. The zero-order valence-electron chi connectivity index (χ0n) is 12.2. The van der Waals surface area contributed by atoms with E-state index in [1.165, 1.54) is 11.1 Å². The predicted molar refractivity (Wildman–Crippen MR) is 105 cm³/mol. The molecule has 1 heterocycles. The van der Waals surface area contributed by atoms with Gasteiger partial charge in [-0.15, -0.1) is 24.8 Å². The van der Waals surface area contributed by atoms with Crippen LogP contribution in [0, 0.1) is 0 Å². The van der Waals surface area contributed by atoms with Crippen molar-refractivity contribution in [2.24, 2.45) is 0 Å². The topological polar surface area (TPSA) is 24.9 Å². The van der Waals surface area contributed by atoms with E-state index in [1.54, 1.807) is 0 Å². The molecule has 0 bridgehead atoms. The van der Waals surface area contributed by atoms with Gasteiger partial charge in [0.15, 0.2) is 0 Å². The molecule has 120 valence electrons. The van der Waals surface area contributed by atoms with Crippen molar-refractivity contribution in [3.63, 3.8) is 0 Å². The molecule has 0 aliphatic carbocycles. The molecule has 2 nitrogen and oxygen atoms in total.